The van der Waals surface area contributed by atoms with Crippen LogP contribution in [0.15, 0.2) is 11.6 Å². The molecule has 1 N–H and O–H groups in total. The molecule has 12 heavy (non-hydrogen) atoms. The van der Waals surface area contributed by atoms with Crippen LogP contribution in [0.2, 0.25) is 0 Å². The molecular weight excluding hydrogens is 146 g/mol. The lowest BCUT2D eigenvalue weighted by molar-refractivity contribution is 0.482. The van der Waals surface area contributed by atoms with Crippen LogP contribution >= 0.6 is 0 Å². The molecule has 0 aromatic carbocycles. The Balaban J connectivity index is 2.51. The molecule has 0 unspecified atom stereocenters. The highest BCUT2D eigenvalue weighted by Gasteiger charge is 2.16. The molecule has 1 nitrogen and oxygen atoms in total. The Hall–Kier alpha value is -0.740. The first-order chi connectivity index (χ1) is 5.64. The van der Waals surface area contributed by atoms with E-state index in [2.05, 4.69) is 31.2 Å². The first kappa shape index (κ1) is 9.35. The Morgan fingerprint density at radius 1 is 1.67 bits per heavy atom. The molecule has 0 spiro atoms. The SMILES string of the molecule is C#CC(C)(C)CC1=CCNCC1. The largest absolute Gasteiger partial charge is 0.313 e. The maximum atomic E-state index is 5.43. The molecule has 66 valence electrons. The molecule has 0 atom stereocenters. The monoisotopic (exact) mass is 163 g/mol. The zero-order chi connectivity index (χ0) is 9.03. The molecule has 1 rings (SSSR count). The number of terminal acetylenes is 1. The summed E-state index contributed by atoms with van der Waals surface area (Å²) >= 11 is 0. The minimum absolute atomic E-state index is 0.0309. The van der Waals surface area contributed by atoms with Gasteiger partial charge in [0.25, 0.3) is 0 Å². The van der Waals surface area contributed by atoms with Gasteiger partial charge in [-0.25, -0.2) is 0 Å². The van der Waals surface area contributed by atoms with E-state index in [9.17, 15) is 0 Å². The summed E-state index contributed by atoms with van der Waals surface area (Å²) < 4.78 is 0. The predicted molar refractivity (Wildman–Crippen MR) is 52.8 cm³/mol. The van der Waals surface area contributed by atoms with Crippen LogP contribution < -0.4 is 5.32 Å². The Labute approximate surface area is 75.2 Å². The number of nitrogens with one attached hydrogen (secondary N) is 1. The average molecular weight is 163 g/mol. The van der Waals surface area contributed by atoms with Crippen LogP contribution in [0.5, 0.6) is 0 Å². The van der Waals surface area contributed by atoms with Gasteiger partial charge in [-0.15, -0.1) is 12.3 Å². The highest BCUT2D eigenvalue weighted by atomic mass is 14.8. The second-order valence-corrected chi connectivity index (χ2v) is 4.02. The first-order valence-corrected chi connectivity index (χ1v) is 4.50. The second kappa shape index (κ2) is 3.78. The summed E-state index contributed by atoms with van der Waals surface area (Å²) in [6.07, 6.45) is 9.90. The highest BCUT2D eigenvalue weighted by molar-refractivity contribution is 5.14. The summed E-state index contributed by atoms with van der Waals surface area (Å²) in [5.74, 6) is 2.83. The fraction of sp³-hybridized carbons (Fsp3) is 0.636. The third kappa shape index (κ3) is 2.71. The van der Waals surface area contributed by atoms with E-state index in [1.165, 1.54) is 5.57 Å². The van der Waals surface area contributed by atoms with E-state index >= 15 is 0 Å². The molecule has 0 aromatic rings. The Kier molecular flexibility index (Phi) is 2.94. The quantitative estimate of drug-likeness (QED) is 0.484. The van der Waals surface area contributed by atoms with Gasteiger partial charge in [-0.3, -0.25) is 0 Å². The lowest BCUT2D eigenvalue weighted by Crippen LogP contribution is -2.22. The third-order valence-corrected chi connectivity index (χ3v) is 2.22. The Morgan fingerprint density at radius 2 is 2.42 bits per heavy atom. The van der Waals surface area contributed by atoms with E-state index < -0.39 is 0 Å². The summed E-state index contributed by atoms with van der Waals surface area (Å²) in [6, 6.07) is 0. The van der Waals surface area contributed by atoms with E-state index in [0.717, 1.165) is 25.9 Å². The van der Waals surface area contributed by atoms with Crippen molar-refractivity contribution >= 4 is 0 Å². The van der Waals surface area contributed by atoms with Crippen molar-refractivity contribution < 1.29 is 0 Å². The van der Waals surface area contributed by atoms with Gasteiger partial charge in [0.2, 0.25) is 0 Å². The molecule has 0 saturated carbocycles. The molecule has 1 aliphatic rings. The standard InChI is InChI=1S/C11H17N/c1-4-11(2,3)9-10-5-7-12-8-6-10/h1,5,12H,6-9H2,2-3H3. The lowest BCUT2D eigenvalue weighted by Gasteiger charge is -2.22. The summed E-state index contributed by atoms with van der Waals surface area (Å²) in [4.78, 5) is 0. The lowest BCUT2D eigenvalue weighted by atomic mass is 9.85. The highest BCUT2D eigenvalue weighted by Crippen LogP contribution is 2.26. The van der Waals surface area contributed by atoms with Gasteiger partial charge < -0.3 is 5.32 Å². The minimum Gasteiger partial charge on any atom is -0.313 e. The van der Waals surface area contributed by atoms with Crippen molar-refractivity contribution in [3.05, 3.63) is 11.6 Å². The maximum absolute atomic E-state index is 5.43. The smallest absolute Gasteiger partial charge is 0.0292 e. The van der Waals surface area contributed by atoms with Crippen molar-refractivity contribution in [2.24, 2.45) is 5.41 Å². The summed E-state index contributed by atoms with van der Waals surface area (Å²) in [7, 11) is 0. The van der Waals surface area contributed by atoms with Gasteiger partial charge in [0.15, 0.2) is 0 Å². The fourth-order valence-electron chi connectivity index (χ4n) is 1.45. The van der Waals surface area contributed by atoms with Crippen molar-refractivity contribution in [1.82, 2.24) is 5.32 Å². The molecule has 0 amide bonds. The van der Waals surface area contributed by atoms with Crippen LogP contribution in [0, 0.1) is 17.8 Å². The molecular formula is C11H17N. The van der Waals surface area contributed by atoms with Gasteiger partial charge in [-0.2, -0.15) is 0 Å². The van der Waals surface area contributed by atoms with Gasteiger partial charge in [0, 0.05) is 12.0 Å². The molecule has 0 fully saturated rings. The molecule has 0 aromatic heterocycles. The van der Waals surface area contributed by atoms with E-state index in [0.29, 0.717) is 0 Å². The van der Waals surface area contributed by atoms with Gasteiger partial charge in [-0.1, -0.05) is 11.6 Å². The van der Waals surface area contributed by atoms with Gasteiger partial charge >= 0.3 is 0 Å². The average Bonchev–Trinajstić information content (AvgIpc) is 2.06. The van der Waals surface area contributed by atoms with Crippen LogP contribution in [0.25, 0.3) is 0 Å². The normalized spacial score (nSPS) is 18.2. The van der Waals surface area contributed by atoms with Crippen molar-refractivity contribution in [2.45, 2.75) is 26.7 Å². The molecule has 1 heteroatoms. The van der Waals surface area contributed by atoms with Crippen LogP contribution in [0.4, 0.5) is 0 Å². The first-order valence-electron chi connectivity index (χ1n) is 4.50. The second-order valence-electron chi connectivity index (χ2n) is 4.02. The van der Waals surface area contributed by atoms with Crippen LogP contribution in [0.1, 0.15) is 26.7 Å². The van der Waals surface area contributed by atoms with E-state index in [-0.39, 0.29) is 5.41 Å². The zero-order valence-electron chi connectivity index (χ0n) is 7.98. The molecule has 0 bridgehead atoms. The summed E-state index contributed by atoms with van der Waals surface area (Å²) in [5, 5.41) is 3.29. The number of hydrogen-bond acceptors (Lipinski definition) is 1. The van der Waals surface area contributed by atoms with Crippen molar-refractivity contribution in [1.29, 1.82) is 0 Å². The molecule has 1 heterocycles. The Morgan fingerprint density at radius 3 is 2.92 bits per heavy atom. The predicted octanol–water partition coefficient (Wildman–Crippen LogP) is 1.96. The molecule has 0 aliphatic carbocycles. The van der Waals surface area contributed by atoms with Crippen molar-refractivity contribution in [3.8, 4) is 12.3 Å². The van der Waals surface area contributed by atoms with E-state index in [1.807, 2.05) is 0 Å². The van der Waals surface area contributed by atoms with Crippen LogP contribution in [-0.4, -0.2) is 13.1 Å². The van der Waals surface area contributed by atoms with Gasteiger partial charge in [0.1, 0.15) is 0 Å². The third-order valence-electron chi connectivity index (χ3n) is 2.22. The minimum atomic E-state index is 0.0309. The summed E-state index contributed by atoms with van der Waals surface area (Å²) in [6.45, 7) is 6.36. The molecule has 0 radical (unpaired) electrons. The zero-order valence-corrected chi connectivity index (χ0v) is 7.98. The van der Waals surface area contributed by atoms with E-state index in [4.69, 9.17) is 6.42 Å². The summed E-state index contributed by atoms with van der Waals surface area (Å²) in [5.41, 5.74) is 1.54. The topological polar surface area (TPSA) is 12.0 Å². The number of hydrogen-bond donors (Lipinski definition) is 1. The van der Waals surface area contributed by atoms with Crippen LogP contribution in [-0.2, 0) is 0 Å². The molecule has 1 aliphatic heterocycles. The van der Waals surface area contributed by atoms with Crippen molar-refractivity contribution in [2.75, 3.05) is 13.1 Å². The maximum Gasteiger partial charge on any atom is 0.0292 e. The molecule has 0 saturated heterocycles. The number of rotatable bonds is 2. The van der Waals surface area contributed by atoms with Gasteiger partial charge in [0.05, 0.1) is 0 Å². The Bertz CT molecular complexity index is 218. The fourth-order valence-corrected chi connectivity index (χ4v) is 1.45. The van der Waals surface area contributed by atoms with Gasteiger partial charge in [-0.05, 0) is 33.2 Å². The van der Waals surface area contributed by atoms with E-state index in [1.54, 1.807) is 0 Å². The van der Waals surface area contributed by atoms with Crippen molar-refractivity contribution in [3.63, 3.8) is 0 Å². The van der Waals surface area contributed by atoms with Crippen LogP contribution in [0.3, 0.4) is 0 Å².